The standard InChI is InChI=1S/C9H16N2O3S/c12-9-8(2-1-5-10-9)11-15(13,14)6-7-3-4-7/h7-8,11H,1-6H2,(H,10,12)/t8-/m1/s1. The van der Waals surface area contributed by atoms with Crippen molar-refractivity contribution < 1.29 is 13.2 Å². The first kappa shape index (κ1) is 10.9. The normalized spacial score (nSPS) is 27.5. The number of carbonyl (C=O) groups excluding carboxylic acids is 1. The van der Waals surface area contributed by atoms with Gasteiger partial charge in [0.25, 0.3) is 0 Å². The van der Waals surface area contributed by atoms with E-state index in [4.69, 9.17) is 0 Å². The third-order valence-electron chi connectivity index (χ3n) is 2.76. The van der Waals surface area contributed by atoms with Crippen LogP contribution in [0.15, 0.2) is 0 Å². The Bertz CT molecular complexity index is 348. The maximum absolute atomic E-state index is 11.6. The van der Waals surface area contributed by atoms with Crippen LogP contribution in [-0.2, 0) is 14.8 Å². The van der Waals surface area contributed by atoms with Gasteiger partial charge >= 0.3 is 0 Å². The van der Waals surface area contributed by atoms with Crippen molar-refractivity contribution in [3.8, 4) is 0 Å². The fourth-order valence-corrected chi connectivity index (χ4v) is 3.45. The molecule has 1 amide bonds. The summed E-state index contributed by atoms with van der Waals surface area (Å²) in [5.74, 6) is 0.298. The molecule has 1 aliphatic carbocycles. The molecule has 0 bridgehead atoms. The zero-order chi connectivity index (χ0) is 10.9. The minimum Gasteiger partial charge on any atom is -0.355 e. The number of hydrogen-bond donors (Lipinski definition) is 2. The smallest absolute Gasteiger partial charge is 0.238 e. The van der Waals surface area contributed by atoms with Crippen molar-refractivity contribution >= 4 is 15.9 Å². The van der Waals surface area contributed by atoms with Crippen LogP contribution in [0.3, 0.4) is 0 Å². The number of sulfonamides is 1. The second-order valence-corrected chi connectivity index (χ2v) is 6.13. The van der Waals surface area contributed by atoms with E-state index in [1.165, 1.54) is 0 Å². The van der Waals surface area contributed by atoms with Crippen LogP contribution >= 0.6 is 0 Å². The highest BCUT2D eigenvalue weighted by Crippen LogP contribution is 2.30. The maximum atomic E-state index is 11.6. The molecule has 86 valence electrons. The lowest BCUT2D eigenvalue weighted by Gasteiger charge is -2.22. The Morgan fingerprint density at radius 2 is 2.07 bits per heavy atom. The zero-order valence-corrected chi connectivity index (χ0v) is 9.35. The topological polar surface area (TPSA) is 75.3 Å². The summed E-state index contributed by atoms with van der Waals surface area (Å²) in [6, 6.07) is -0.553. The molecule has 0 radical (unpaired) electrons. The first-order valence-electron chi connectivity index (χ1n) is 5.34. The van der Waals surface area contributed by atoms with Gasteiger partial charge < -0.3 is 5.32 Å². The van der Waals surface area contributed by atoms with Crippen LogP contribution < -0.4 is 10.0 Å². The molecule has 0 spiro atoms. The highest BCUT2D eigenvalue weighted by atomic mass is 32.2. The molecule has 15 heavy (non-hydrogen) atoms. The number of amides is 1. The molecule has 2 aliphatic rings. The molecular weight excluding hydrogens is 216 g/mol. The molecule has 0 aromatic rings. The van der Waals surface area contributed by atoms with Crippen LogP contribution in [0.1, 0.15) is 25.7 Å². The van der Waals surface area contributed by atoms with Gasteiger partial charge in [0.15, 0.2) is 0 Å². The number of nitrogens with one attached hydrogen (secondary N) is 2. The van der Waals surface area contributed by atoms with Crippen LogP contribution in [0.25, 0.3) is 0 Å². The Labute approximate surface area is 89.7 Å². The molecule has 0 aromatic heterocycles. The monoisotopic (exact) mass is 232 g/mol. The Kier molecular flexibility index (Phi) is 2.97. The number of carbonyl (C=O) groups is 1. The van der Waals surface area contributed by atoms with E-state index >= 15 is 0 Å². The van der Waals surface area contributed by atoms with Crippen molar-refractivity contribution in [3.05, 3.63) is 0 Å². The Hall–Kier alpha value is -0.620. The van der Waals surface area contributed by atoms with Crippen molar-refractivity contribution in [1.82, 2.24) is 10.0 Å². The number of hydrogen-bond acceptors (Lipinski definition) is 3. The molecule has 1 heterocycles. The van der Waals surface area contributed by atoms with Gasteiger partial charge in [0.05, 0.1) is 5.75 Å². The molecule has 0 unspecified atom stereocenters. The van der Waals surface area contributed by atoms with Gasteiger partial charge in [-0.25, -0.2) is 13.1 Å². The summed E-state index contributed by atoms with van der Waals surface area (Å²) in [4.78, 5) is 11.3. The fraction of sp³-hybridized carbons (Fsp3) is 0.889. The molecule has 1 atom stereocenters. The van der Waals surface area contributed by atoms with Crippen molar-refractivity contribution in [1.29, 1.82) is 0 Å². The zero-order valence-electron chi connectivity index (χ0n) is 8.53. The molecule has 2 rings (SSSR count). The molecule has 1 saturated carbocycles. The van der Waals surface area contributed by atoms with E-state index in [-0.39, 0.29) is 11.7 Å². The van der Waals surface area contributed by atoms with Crippen molar-refractivity contribution in [3.63, 3.8) is 0 Å². The summed E-state index contributed by atoms with van der Waals surface area (Å²) in [5.41, 5.74) is 0. The van der Waals surface area contributed by atoms with Crippen molar-refractivity contribution in [2.45, 2.75) is 31.7 Å². The van der Waals surface area contributed by atoms with Crippen molar-refractivity contribution in [2.75, 3.05) is 12.3 Å². The first-order valence-corrected chi connectivity index (χ1v) is 7.00. The fourth-order valence-electron chi connectivity index (χ4n) is 1.74. The number of piperidine rings is 1. The van der Waals surface area contributed by atoms with Gasteiger partial charge in [0, 0.05) is 6.54 Å². The maximum Gasteiger partial charge on any atom is 0.238 e. The van der Waals surface area contributed by atoms with E-state index in [0.717, 1.165) is 19.3 Å². The lowest BCUT2D eigenvalue weighted by atomic mass is 10.1. The van der Waals surface area contributed by atoms with E-state index in [1.54, 1.807) is 0 Å². The van der Waals surface area contributed by atoms with E-state index in [9.17, 15) is 13.2 Å². The predicted molar refractivity (Wildman–Crippen MR) is 55.7 cm³/mol. The molecular formula is C9H16N2O3S. The minimum absolute atomic E-state index is 0.177. The van der Waals surface area contributed by atoms with Crippen LogP contribution in [0.5, 0.6) is 0 Å². The van der Waals surface area contributed by atoms with Crippen LogP contribution in [0.2, 0.25) is 0 Å². The van der Waals surface area contributed by atoms with Crippen LogP contribution in [0, 0.1) is 5.92 Å². The SMILES string of the molecule is O=C1NCCC[C@H]1NS(=O)(=O)CC1CC1. The van der Waals surface area contributed by atoms with Gasteiger partial charge in [-0.3, -0.25) is 4.79 Å². The summed E-state index contributed by atoms with van der Waals surface area (Å²) >= 11 is 0. The Morgan fingerprint density at radius 3 is 2.67 bits per heavy atom. The second-order valence-electron chi connectivity index (χ2n) is 4.33. The summed E-state index contributed by atoms with van der Waals surface area (Å²) in [7, 11) is -3.26. The Morgan fingerprint density at radius 1 is 1.33 bits per heavy atom. The summed E-state index contributed by atoms with van der Waals surface area (Å²) < 4.78 is 25.7. The average molecular weight is 232 g/mol. The Balaban J connectivity index is 1.90. The quantitative estimate of drug-likeness (QED) is 0.692. The van der Waals surface area contributed by atoms with Crippen LogP contribution in [-0.4, -0.2) is 32.7 Å². The second kappa shape index (κ2) is 4.09. The molecule has 2 N–H and O–H groups in total. The lowest BCUT2D eigenvalue weighted by molar-refractivity contribution is -0.124. The van der Waals surface area contributed by atoms with E-state index < -0.39 is 16.1 Å². The van der Waals surface area contributed by atoms with Gasteiger partial charge in [-0.05, 0) is 31.6 Å². The molecule has 1 saturated heterocycles. The highest BCUT2D eigenvalue weighted by molar-refractivity contribution is 7.89. The number of rotatable bonds is 4. The molecule has 6 heteroatoms. The minimum atomic E-state index is -3.26. The molecule has 0 aromatic carbocycles. The van der Waals surface area contributed by atoms with Crippen molar-refractivity contribution in [2.24, 2.45) is 5.92 Å². The van der Waals surface area contributed by atoms with E-state index in [1.807, 2.05) is 0 Å². The summed E-state index contributed by atoms with van der Waals surface area (Å²) in [6.45, 7) is 0.652. The third kappa shape index (κ3) is 3.17. The predicted octanol–water partition coefficient (Wildman–Crippen LogP) is -0.406. The molecule has 1 aliphatic heterocycles. The largest absolute Gasteiger partial charge is 0.355 e. The first-order chi connectivity index (χ1) is 7.07. The van der Waals surface area contributed by atoms with Crippen LogP contribution in [0.4, 0.5) is 0 Å². The average Bonchev–Trinajstić information content (AvgIpc) is 2.91. The van der Waals surface area contributed by atoms with Gasteiger partial charge in [0.2, 0.25) is 15.9 Å². The highest BCUT2D eigenvalue weighted by Gasteiger charge is 2.31. The third-order valence-corrected chi connectivity index (χ3v) is 4.31. The van der Waals surface area contributed by atoms with E-state index in [2.05, 4.69) is 10.0 Å². The summed E-state index contributed by atoms with van der Waals surface area (Å²) in [6.07, 6.45) is 3.44. The van der Waals surface area contributed by atoms with Gasteiger partial charge in [-0.15, -0.1) is 0 Å². The molecule has 5 nitrogen and oxygen atoms in total. The molecule has 2 fully saturated rings. The van der Waals surface area contributed by atoms with Gasteiger partial charge in [-0.1, -0.05) is 0 Å². The summed E-state index contributed by atoms with van der Waals surface area (Å²) in [5, 5.41) is 2.66. The van der Waals surface area contributed by atoms with Gasteiger partial charge in [-0.2, -0.15) is 0 Å². The van der Waals surface area contributed by atoms with Gasteiger partial charge in [0.1, 0.15) is 6.04 Å². The van der Waals surface area contributed by atoms with E-state index in [0.29, 0.717) is 18.9 Å². The lowest BCUT2D eigenvalue weighted by Crippen LogP contribution is -2.50.